The van der Waals surface area contributed by atoms with Gasteiger partial charge in [0.1, 0.15) is 35.4 Å². The monoisotopic (exact) mass is 344 g/mol. The van der Waals surface area contributed by atoms with Gasteiger partial charge < -0.3 is 0 Å². The van der Waals surface area contributed by atoms with Gasteiger partial charge in [-0.3, -0.25) is 4.79 Å². The van der Waals surface area contributed by atoms with E-state index in [1.165, 1.54) is 0 Å². The number of hydrogen-bond acceptors (Lipinski definition) is 7. The van der Waals surface area contributed by atoms with Crippen LogP contribution < -0.4 is 14.5 Å². The van der Waals surface area contributed by atoms with Crippen molar-refractivity contribution in [1.82, 2.24) is 0 Å². The summed E-state index contributed by atoms with van der Waals surface area (Å²) < 4.78 is 0.688. The van der Waals surface area contributed by atoms with E-state index in [0.29, 0.717) is 30.6 Å². The molecule has 110 valence electrons. The molecule has 24 heavy (non-hydrogen) atoms. The molecule has 0 N–H and O–H groups in total. The standard InChI is InChI=1S/C17H4N4OS2/c18-5-9(6-19)13-11-3-1-2-4-12(11)14(10(7-20)8-21)16-15(13)23-17(22)24-16/h1-4H. The average molecular weight is 344 g/mol. The Morgan fingerprint density at radius 3 is 1.46 bits per heavy atom. The first-order valence-corrected chi connectivity index (χ1v) is 8.13. The molecular formula is C17H4N4OS2. The zero-order valence-corrected chi connectivity index (χ0v) is 13.5. The van der Waals surface area contributed by atoms with Crippen molar-refractivity contribution in [2.75, 3.05) is 0 Å². The second-order valence-electron chi connectivity index (χ2n) is 4.61. The van der Waals surface area contributed by atoms with Crippen LogP contribution in [0.25, 0.3) is 31.3 Å². The van der Waals surface area contributed by atoms with Gasteiger partial charge in [-0.15, -0.1) is 0 Å². The van der Waals surface area contributed by atoms with Crippen LogP contribution in [-0.4, -0.2) is 0 Å². The van der Waals surface area contributed by atoms with Crippen molar-refractivity contribution in [2.24, 2.45) is 0 Å². The van der Waals surface area contributed by atoms with Gasteiger partial charge in [0, 0.05) is 10.4 Å². The molecule has 0 aliphatic rings. The summed E-state index contributed by atoms with van der Waals surface area (Å²) in [4.78, 5) is 12.0. The number of benzene rings is 2. The minimum Gasteiger partial charge on any atom is -0.265 e. The molecule has 3 aromatic rings. The SMILES string of the molecule is N#CC(C#N)=c1c2ccccc2c(=C(C#N)C#N)c2sc(=O)sc12. The molecule has 0 bridgehead atoms. The predicted molar refractivity (Wildman–Crippen MR) is 92.0 cm³/mol. The summed E-state index contributed by atoms with van der Waals surface area (Å²) in [6.07, 6.45) is 0. The Hall–Kier alpha value is -3.49. The minimum absolute atomic E-state index is 0.104. The molecule has 0 saturated carbocycles. The molecule has 1 heterocycles. The van der Waals surface area contributed by atoms with E-state index >= 15 is 0 Å². The van der Waals surface area contributed by atoms with Gasteiger partial charge in [-0.1, -0.05) is 46.9 Å². The van der Waals surface area contributed by atoms with Crippen LogP contribution in [0.5, 0.6) is 0 Å². The molecule has 0 unspecified atom stereocenters. The predicted octanol–water partition coefficient (Wildman–Crippen LogP) is 1.87. The van der Waals surface area contributed by atoms with E-state index in [0.717, 1.165) is 22.7 Å². The van der Waals surface area contributed by atoms with Crippen LogP contribution in [-0.2, 0) is 0 Å². The van der Waals surface area contributed by atoms with E-state index in [9.17, 15) is 25.8 Å². The van der Waals surface area contributed by atoms with Crippen molar-refractivity contribution >= 4 is 54.0 Å². The van der Waals surface area contributed by atoms with Crippen molar-refractivity contribution in [3.63, 3.8) is 0 Å². The molecule has 0 amide bonds. The van der Waals surface area contributed by atoms with Crippen LogP contribution in [0.15, 0.2) is 29.1 Å². The number of nitrogens with zero attached hydrogens (tertiary/aromatic N) is 4. The third-order valence-electron chi connectivity index (χ3n) is 3.44. The molecule has 1 aromatic heterocycles. The molecule has 7 heteroatoms. The number of hydrogen-bond donors (Lipinski definition) is 0. The summed E-state index contributed by atoms with van der Waals surface area (Å²) >= 11 is 1.83. The smallest absolute Gasteiger partial charge is 0.265 e. The lowest BCUT2D eigenvalue weighted by Crippen LogP contribution is -2.16. The number of fused-ring (bicyclic) bond motifs is 2. The fourth-order valence-electron chi connectivity index (χ4n) is 2.54. The van der Waals surface area contributed by atoms with Gasteiger partial charge in [0.25, 0.3) is 4.06 Å². The first-order valence-electron chi connectivity index (χ1n) is 6.49. The van der Waals surface area contributed by atoms with Gasteiger partial charge in [-0.25, -0.2) is 0 Å². The lowest BCUT2D eigenvalue weighted by Gasteiger charge is -2.03. The molecule has 0 fully saturated rings. The van der Waals surface area contributed by atoms with Gasteiger partial charge in [0.2, 0.25) is 0 Å². The Balaban J connectivity index is 2.97. The van der Waals surface area contributed by atoms with E-state index in [2.05, 4.69) is 0 Å². The maximum atomic E-state index is 12.0. The molecule has 0 spiro atoms. The Morgan fingerprint density at radius 2 is 1.12 bits per heavy atom. The van der Waals surface area contributed by atoms with Gasteiger partial charge in [-0.05, 0) is 10.8 Å². The number of rotatable bonds is 0. The van der Waals surface area contributed by atoms with Crippen LogP contribution in [0.4, 0.5) is 0 Å². The van der Waals surface area contributed by atoms with E-state index in [1.54, 1.807) is 24.3 Å². The summed E-state index contributed by atoms with van der Waals surface area (Å²) in [5.41, 5.74) is -0.209. The summed E-state index contributed by atoms with van der Waals surface area (Å²) in [6.45, 7) is 0. The second kappa shape index (κ2) is 5.95. The maximum absolute atomic E-state index is 12.0. The topological polar surface area (TPSA) is 112 Å². The third-order valence-corrected chi connectivity index (χ3v) is 5.63. The zero-order chi connectivity index (χ0) is 17.3. The average Bonchev–Trinajstić information content (AvgIpc) is 2.99. The van der Waals surface area contributed by atoms with Crippen molar-refractivity contribution in [1.29, 1.82) is 21.0 Å². The van der Waals surface area contributed by atoms with Gasteiger partial charge >= 0.3 is 0 Å². The first kappa shape index (κ1) is 15.4. The van der Waals surface area contributed by atoms with Gasteiger partial charge in [0.05, 0.1) is 9.40 Å². The molecule has 2 aromatic carbocycles. The van der Waals surface area contributed by atoms with Crippen LogP contribution in [0.3, 0.4) is 0 Å². The molecule has 0 aliphatic carbocycles. The minimum atomic E-state index is -0.228. The highest BCUT2D eigenvalue weighted by Crippen LogP contribution is 2.21. The van der Waals surface area contributed by atoms with Crippen LogP contribution in [0.1, 0.15) is 0 Å². The lowest BCUT2D eigenvalue weighted by molar-refractivity contribution is 1.50. The molecule has 3 rings (SSSR count). The van der Waals surface area contributed by atoms with Gasteiger partial charge in [-0.2, -0.15) is 21.0 Å². The molecular weight excluding hydrogens is 340 g/mol. The Kier molecular flexibility index (Phi) is 3.82. The molecule has 0 radical (unpaired) electrons. The van der Waals surface area contributed by atoms with E-state index < -0.39 is 0 Å². The fourth-order valence-corrected chi connectivity index (χ4v) is 4.81. The normalized spacial score (nSPS) is 9.67. The van der Waals surface area contributed by atoms with Crippen molar-refractivity contribution in [3.05, 3.63) is 43.6 Å². The largest absolute Gasteiger partial charge is 0.288 e. The van der Waals surface area contributed by atoms with Crippen LogP contribution in [0, 0.1) is 45.3 Å². The van der Waals surface area contributed by atoms with Crippen molar-refractivity contribution in [2.45, 2.75) is 0 Å². The fraction of sp³-hybridized carbons (Fsp3) is 0. The highest BCUT2D eigenvalue weighted by Gasteiger charge is 2.15. The van der Waals surface area contributed by atoms with E-state index in [-0.39, 0.29) is 15.2 Å². The second-order valence-corrected chi connectivity index (χ2v) is 6.83. The number of nitriles is 4. The zero-order valence-electron chi connectivity index (χ0n) is 11.8. The Bertz CT molecular complexity index is 1230. The highest BCUT2D eigenvalue weighted by molar-refractivity contribution is 7.35. The van der Waals surface area contributed by atoms with Crippen LogP contribution >= 0.6 is 22.7 Å². The quantitative estimate of drug-likeness (QED) is 0.618. The van der Waals surface area contributed by atoms with Crippen LogP contribution in [0.2, 0.25) is 0 Å². The van der Waals surface area contributed by atoms with Gasteiger partial charge in [0.15, 0.2) is 0 Å². The van der Waals surface area contributed by atoms with E-state index in [4.69, 9.17) is 0 Å². The van der Waals surface area contributed by atoms with Crippen molar-refractivity contribution in [3.8, 4) is 24.3 Å². The first-order chi connectivity index (χ1) is 11.7. The third kappa shape index (κ3) is 2.14. The lowest BCUT2D eigenvalue weighted by atomic mass is 10.0. The summed E-state index contributed by atoms with van der Waals surface area (Å²) in [7, 11) is 0. The summed E-state index contributed by atoms with van der Waals surface area (Å²) in [5, 5.41) is 39.0. The molecule has 0 aliphatic heterocycles. The maximum Gasteiger partial charge on any atom is 0.288 e. The summed E-state index contributed by atoms with van der Waals surface area (Å²) in [6, 6.07) is 14.4. The highest BCUT2D eigenvalue weighted by atomic mass is 32.2. The molecule has 5 nitrogen and oxygen atoms in total. The molecule has 0 saturated heterocycles. The Morgan fingerprint density at radius 1 is 0.750 bits per heavy atom. The van der Waals surface area contributed by atoms with Crippen molar-refractivity contribution < 1.29 is 0 Å². The summed E-state index contributed by atoms with van der Waals surface area (Å²) in [5.74, 6) is 0. The molecule has 0 atom stereocenters. The Labute approximate surface area is 143 Å². The van der Waals surface area contributed by atoms with E-state index in [1.807, 2.05) is 24.3 Å².